The van der Waals surface area contributed by atoms with Gasteiger partial charge >= 0.3 is 5.97 Å². The Kier molecular flexibility index (Phi) is 6.77. The van der Waals surface area contributed by atoms with Crippen molar-refractivity contribution < 1.29 is 19.1 Å². The second-order valence-corrected chi connectivity index (χ2v) is 6.07. The van der Waals surface area contributed by atoms with Crippen molar-refractivity contribution in [3.63, 3.8) is 0 Å². The Bertz CT molecular complexity index is 771. The van der Waals surface area contributed by atoms with Crippen molar-refractivity contribution in [2.45, 2.75) is 13.0 Å². The highest BCUT2D eigenvalue weighted by Crippen LogP contribution is 2.19. The summed E-state index contributed by atoms with van der Waals surface area (Å²) < 4.78 is 11.2. The van der Waals surface area contributed by atoms with Crippen molar-refractivity contribution >= 4 is 39.6 Å². The molecule has 1 amide bonds. The highest BCUT2D eigenvalue weighted by atomic mass is 79.9. The standard InChI is InChI=1S/C19H18BrNO4/c1-13(19(23)21-16-10-8-15(20)9-11-16)25-18(22)12-7-14-5-3-4-6-17(14)24-2/h3-13H,1-2H3,(H,21,23)/b12-7+/t13-/m0/s1. The number of ether oxygens (including phenoxy) is 2. The summed E-state index contributed by atoms with van der Waals surface area (Å²) in [6.45, 7) is 1.52. The van der Waals surface area contributed by atoms with E-state index in [9.17, 15) is 9.59 Å². The SMILES string of the molecule is COc1ccccc1/C=C/C(=O)O[C@@H](C)C(=O)Nc1ccc(Br)cc1. The molecule has 1 N–H and O–H groups in total. The van der Waals surface area contributed by atoms with Gasteiger partial charge in [0.2, 0.25) is 0 Å². The van der Waals surface area contributed by atoms with Gasteiger partial charge in [0.05, 0.1) is 7.11 Å². The number of esters is 1. The third-order valence-corrected chi connectivity index (χ3v) is 3.84. The Morgan fingerprint density at radius 1 is 1.12 bits per heavy atom. The minimum atomic E-state index is -0.918. The topological polar surface area (TPSA) is 64.6 Å². The number of anilines is 1. The predicted molar refractivity (Wildman–Crippen MR) is 100 cm³/mol. The van der Waals surface area contributed by atoms with Crippen LogP contribution in [0.25, 0.3) is 6.08 Å². The number of benzene rings is 2. The molecule has 0 aliphatic carbocycles. The lowest BCUT2D eigenvalue weighted by Crippen LogP contribution is -2.29. The van der Waals surface area contributed by atoms with Crippen LogP contribution < -0.4 is 10.1 Å². The molecule has 0 bridgehead atoms. The third kappa shape index (κ3) is 5.76. The van der Waals surface area contributed by atoms with Crippen molar-refractivity contribution in [3.05, 3.63) is 64.6 Å². The van der Waals surface area contributed by atoms with E-state index in [0.717, 1.165) is 10.0 Å². The predicted octanol–water partition coefficient (Wildman–Crippen LogP) is 4.04. The van der Waals surface area contributed by atoms with Crippen LogP contribution in [0, 0.1) is 0 Å². The summed E-state index contributed by atoms with van der Waals surface area (Å²) in [7, 11) is 1.56. The molecule has 130 valence electrons. The molecule has 25 heavy (non-hydrogen) atoms. The molecular formula is C19H18BrNO4. The van der Waals surface area contributed by atoms with E-state index in [1.54, 1.807) is 31.4 Å². The zero-order valence-electron chi connectivity index (χ0n) is 13.9. The van der Waals surface area contributed by atoms with Gasteiger partial charge in [0, 0.05) is 21.8 Å². The first-order valence-corrected chi connectivity index (χ1v) is 8.37. The van der Waals surface area contributed by atoms with Crippen LogP contribution in [0.5, 0.6) is 5.75 Å². The van der Waals surface area contributed by atoms with Crippen LogP contribution in [0.2, 0.25) is 0 Å². The first kappa shape index (κ1) is 18.7. The highest BCUT2D eigenvalue weighted by molar-refractivity contribution is 9.10. The van der Waals surface area contributed by atoms with Gasteiger partial charge in [0.15, 0.2) is 6.10 Å². The zero-order chi connectivity index (χ0) is 18.2. The fourth-order valence-corrected chi connectivity index (χ4v) is 2.27. The summed E-state index contributed by atoms with van der Waals surface area (Å²) in [6, 6.07) is 14.4. The van der Waals surface area contributed by atoms with Gasteiger partial charge in [-0.2, -0.15) is 0 Å². The fourth-order valence-electron chi connectivity index (χ4n) is 2.01. The lowest BCUT2D eigenvalue weighted by molar-refractivity contribution is -0.148. The zero-order valence-corrected chi connectivity index (χ0v) is 15.4. The maximum atomic E-state index is 12.1. The van der Waals surface area contributed by atoms with Crippen LogP contribution in [0.1, 0.15) is 12.5 Å². The molecule has 2 aromatic carbocycles. The Labute approximate surface area is 154 Å². The summed E-state index contributed by atoms with van der Waals surface area (Å²) in [6.07, 6.45) is 1.93. The van der Waals surface area contributed by atoms with E-state index in [2.05, 4.69) is 21.2 Å². The molecule has 0 aliphatic rings. The number of amides is 1. The summed E-state index contributed by atoms with van der Waals surface area (Å²) in [4.78, 5) is 24.0. The number of hydrogen-bond donors (Lipinski definition) is 1. The number of para-hydroxylation sites is 1. The number of rotatable bonds is 6. The number of halogens is 1. The van der Waals surface area contributed by atoms with Gasteiger partial charge in [-0.1, -0.05) is 34.1 Å². The van der Waals surface area contributed by atoms with Crippen LogP contribution >= 0.6 is 15.9 Å². The smallest absolute Gasteiger partial charge is 0.331 e. The number of carbonyl (C=O) groups is 2. The summed E-state index contributed by atoms with van der Waals surface area (Å²) in [5.41, 5.74) is 1.37. The largest absolute Gasteiger partial charge is 0.496 e. The monoisotopic (exact) mass is 403 g/mol. The molecule has 0 heterocycles. The van der Waals surface area contributed by atoms with Crippen LogP contribution in [0.3, 0.4) is 0 Å². The highest BCUT2D eigenvalue weighted by Gasteiger charge is 2.16. The van der Waals surface area contributed by atoms with E-state index in [-0.39, 0.29) is 0 Å². The van der Waals surface area contributed by atoms with E-state index < -0.39 is 18.0 Å². The van der Waals surface area contributed by atoms with E-state index in [4.69, 9.17) is 9.47 Å². The second-order valence-electron chi connectivity index (χ2n) is 5.15. The van der Waals surface area contributed by atoms with Crippen molar-refractivity contribution in [1.29, 1.82) is 0 Å². The van der Waals surface area contributed by atoms with Crippen LogP contribution in [0.15, 0.2) is 59.1 Å². The van der Waals surface area contributed by atoms with Gasteiger partial charge in [-0.3, -0.25) is 4.79 Å². The Hall–Kier alpha value is -2.60. The number of methoxy groups -OCH3 is 1. The summed E-state index contributed by atoms with van der Waals surface area (Å²) >= 11 is 3.32. The average molecular weight is 404 g/mol. The van der Waals surface area contributed by atoms with Gasteiger partial charge in [-0.15, -0.1) is 0 Å². The molecule has 0 radical (unpaired) electrons. The van der Waals surface area contributed by atoms with Crippen LogP contribution in [0.4, 0.5) is 5.69 Å². The molecule has 6 heteroatoms. The average Bonchev–Trinajstić information content (AvgIpc) is 2.62. The maximum absolute atomic E-state index is 12.1. The van der Waals surface area contributed by atoms with Gasteiger partial charge in [-0.05, 0) is 43.3 Å². The summed E-state index contributed by atoms with van der Waals surface area (Å²) in [5, 5.41) is 2.69. The molecular weight excluding hydrogens is 386 g/mol. The molecule has 0 aromatic heterocycles. The van der Waals surface area contributed by atoms with Gasteiger partial charge in [-0.25, -0.2) is 4.79 Å². The lowest BCUT2D eigenvalue weighted by atomic mass is 10.2. The second kappa shape index (κ2) is 9.03. The maximum Gasteiger partial charge on any atom is 0.331 e. The van der Waals surface area contributed by atoms with E-state index in [1.807, 2.05) is 30.3 Å². The minimum absolute atomic E-state index is 0.402. The molecule has 0 aliphatic heterocycles. The molecule has 0 spiro atoms. The number of hydrogen-bond acceptors (Lipinski definition) is 4. The van der Waals surface area contributed by atoms with Crippen LogP contribution in [-0.4, -0.2) is 25.1 Å². The molecule has 0 fully saturated rings. The van der Waals surface area contributed by atoms with Crippen LogP contribution in [-0.2, 0) is 14.3 Å². The third-order valence-electron chi connectivity index (χ3n) is 3.31. The lowest BCUT2D eigenvalue weighted by Gasteiger charge is -2.12. The molecule has 5 nitrogen and oxygen atoms in total. The van der Waals surface area contributed by atoms with E-state index >= 15 is 0 Å². The molecule has 2 rings (SSSR count). The molecule has 1 atom stereocenters. The van der Waals surface area contributed by atoms with Crippen molar-refractivity contribution in [2.75, 3.05) is 12.4 Å². The van der Waals surface area contributed by atoms with Crippen molar-refractivity contribution in [3.8, 4) is 5.75 Å². The van der Waals surface area contributed by atoms with Gasteiger partial charge in [0.25, 0.3) is 5.91 Å². The Morgan fingerprint density at radius 2 is 1.80 bits per heavy atom. The Balaban J connectivity index is 1.91. The van der Waals surface area contributed by atoms with Crippen molar-refractivity contribution in [2.24, 2.45) is 0 Å². The number of carbonyl (C=O) groups excluding carboxylic acids is 2. The first-order valence-electron chi connectivity index (χ1n) is 7.57. The Morgan fingerprint density at radius 3 is 2.48 bits per heavy atom. The number of nitrogens with one attached hydrogen (secondary N) is 1. The van der Waals surface area contributed by atoms with E-state index in [1.165, 1.54) is 13.0 Å². The van der Waals surface area contributed by atoms with Gasteiger partial charge < -0.3 is 14.8 Å². The van der Waals surface area contributed by atoms with E-state index in [0.29, 0.717) is 11.4 Å². The quantitative estimate of drug-likeness (QED) is 0.583. The first-order chi connectivity index (χ1) is 12.0. The minimum Gasteiger partial charge on any atom is -0.496 e. The van der Waals surface area contributed by atoms with Crippen molar-refractivity contribution in [1.82, 2.24) is 0 Å². The molecule has 0 saturated carbocycles. The fraction of sp³-hybridized carbons (Fsp3) is 0.158. The van der Waals surface area contributed by atoms with Gasteiger partial charge in [0.1, 0.15) is 5.75 Å². The summed E-state index contributed by atoms with van der Waals surface area (Å²) in [5.74, 6) is -0.363. The molecule has 0 unspecified atom stereocenters. The molecule has 2 aromatic rings. The normalized spacial score (nSPS) is 11.8. The molecule has 0 saturated heterocycles.